The van der Waals surface area contributed by atoms with Crippen molar-refractivity contribution in [3.63, 3.8) is 0 Å². The van der Waals surface area contributed by atoms with Crippen molar-refractivity contribution in [1.82, 2.24) is 25.1 Å². The van der Waals surface area contributed by atoms with E-state index in [1.54, 1.807) is 18.1 Å². The molecule has 7 heteroatoms. The number of nitrogens with zero attached hydrogens (tertiary/aromatic N) is 4. The zero-order valence-corrected chi connectivity index (χ0v) is 20.1. The molecule has 0 radical (unpaired) electrons. The Morgan fingerprint density at radius 1 is 0.944 bits per heavy atom. The number of nitrogens with one attached hydrogen (secondary N) is 1. The number of amides is 1. The number of hydrogen-bond donors (Lipinski definition) is 1. The van der Waals surface area contributed by atoms with E-state index in [1.807, 2.05) is 80.0 Å². The minimum atomic E-state index is -0.0500. The van der Waals surface area contributed by atoms with Crippen molar-refractivity contribution in [2.24, 2.45) is 7.05 Å². The summed E-state index contributed by atoms with van der Waals surface area (Å²) in [7, 11) is 3.55. The third-order valence-electron chi connectivity index (χ3n) is 6.44. The molecule has 0 atom stereocenters. The van der Waals surface area contributed by atoms with Gasteiger partial charge in [0.1, 0.15) is 17.8 Å². The first-order valence-electron chi connectivity index (χ1n) is 11.9. The normalized spacial score (nSPS) is 13.1. The van der Waals surface area contributed by atoms with E-state index in [9.17, 15) is 4.79 Å². The highest BCUT2D eigenvalue weighted by atomic mass is 16.5. The van der Waals surface area contributed by atoms with Gasteiger partial charge in [-0.15, -0.1) is 0 Å². The lowest BCUT2D eigenvalue weighted by Gasteiger charge is -2.13. The van der Waals surface area contributed by atoms with E-state index in [1.165, 1.54) is 0 Å². The van der Waals surface area contributed by atoms with E-state index >= 15 is 0 Å². The van der Waals surface area contributed by atoms with Gasteiger partial charge in [0.25, 0.3) is 5.91 Å². The first-order valence-corrected chi connectivity index (χ1v) is 11.9. The molecule has 178 valence electrons. The summed E-state index contributed by atoms with van der Waals surface area (Å²) in [5.74, 6) is 0.632. The highest BCUT2D eigenvalue weighted by molar-refractivity contribution is 6.00. The number of rotatable bonds is 6. The van der Waals surface area contributed by atoms with E-state index in [0.717, 1.165) is 57.4 Å². The number of methoxy groups -OCH3 is 1. The van der Waals surface area contributed by atoms with E-state index in [-0.39, 0.29) is 5.91 Å². The van der Waals surface area contributed by atoms with Gasteiger partial charge in [-0.3, -0.25) is 9.48 Å². The van der Waals surface area contributed by atoms with Crippen molar-refractivity contribution in [3.05, 3.63) is 84.8 Å². The standard InChI is InChI=1S/C29H25N5O2/c1-34-16-24(27(33-34)18-7-4-3-5-8-18)28-23-14-22(26(36-2)15-25(23)30-17-31-28)19-9-6-10-20(13-19)29(35)32-21-11-12-21/h3-10,13-17,21H,11-12H2,1-2H3,(H,32,35). The zero-order valence-electron chi connectivity index (χ0n) is 20.1. The fraction of sp³-hybridized carbons (Fsp3) is 0.172. The van der Waals surface area contributed by atoms with Gasteiger partial charge in [0.15, 0.2) is 0 Å². The van der Waals surface area contributed by atoms with Crippen molar-refractivity contribution in [2.75, 3.05) is 7.11 Å². The van der Waals surface area contributed by atoms with Crippen molar-refractivity contribution in [3.8, 4) is 39.4 Å². The molecular formula is C29H25N5O2. The Balaban J connectivity index is 1.51. The van der Waals surface area contributed by atoms with Gasteiger partial charge in [-0.25, -0.2) is 9.97 Å². The molecule has 1 N–H and O–H groups in total. The van der Waals surface area contributed by atoms with Crippen LogP contribution < -0.4 is 10.1 Å². The molecule has 6 rings (SSSR count). The lowest BCUT2D eigenvalue weighted by Crippen LogP contribution is -2.25. The zero-order chi connectivity index (χ0) is 24.6. The Labute approximate surface area is 208 Å². The maximum atomic E-state index is 12.7. The number of hydrogen-bond acceptors (Lipinski definition) is 5. The average Bonchev–Trinajstić information content (AvgIpc) is 3.65. The average molecular weight is 476 g/mol. The maximum absolute atomic E-state index is 12.7. The number of aryl methyl sites for hydroxylation is 1. The van der Waals surface area contributed by atoms with Crippen LogP contribution >= 0.6 is 0 Å². The molecule has 0 saturated heterocycles. The van der Waals surface area contributed by atoms with E-state index < -0.39 is 0 Å². The van der Waals surface area contributed by atoms with Gasteiger partial charge < -0.3 is 10.1 Å². The van der Waals surface area contributed by atoms with Gasteiger partial charge in [-0.05, 0) is 36.6 Å². The molecule has 36 heavy (non-hydrogen) atoms. The number of ether oxygens (including phenoxy) is 1. The maximum Gasteiger partial charge on any atom is 0.251 e. The fourth-order valence-corrected chi connectivity index (χ4v) is 4.49. The molecule has 7 nitrogen and oxygen atoms in total. The number of carbonyl (C=O) groups excluding carboxylic acids is 1. The molecule has 1 amide bonds. The number of benzene rings is 3. The molecule has 2 heterocycles. The van der Waals surface area contributed by atoms with Crippen LogP contribution in [0.1, 0.15) is 23.2 Å². The summed E-state index contributed by atoms with van der Waals surface area (Å²) >= 11 is 0. The van der Waals surface area contributed by atoms with Gasteiger partial charge >= 0.3 is 0 Å². The van der Waals surface area contributed by atoms with Crippen molar-refractivity contribution in [2.45, 2.75) is 18.9 Å². The number of aromatic nitrogens is 4. The van der Waals surface area contributed by atoms with Crippen molar-refractivity contribution >= 4 is 16.8 Å². The van der Waals surface area contributed by atoms with Crippen LogP contribution in [0.2, 0.25) is 0 Å². The van der Waals surface area contributed by atoms with Crippen molar-refractivity contribution < 1.29 is 9.53 Å². The number of carbonyl (C=O) groups is 1. The van der Waals surface area contributed by atoms with Crippen LogP contribution in [0.25, 0.3) is 44.5 Å². The summed E-state index contributed by atoms with van der Waals surface area (Å²) < 4.78 is 7.55. The smallest absolute Gasteiger partial charge is 0.251 e. The topological polar surface area (TPSA) is 81.9 Å². The van der Waals surface area contributed by atoms with Gasteiger partial charge in [-0.2, -0.15) is 5.10 Å². The summed E-state index contributed by atoms with van der Waals surface area (Å²) in [6, 6.07) is 22.0. The summed E-state index contributed by atoms with van der Waals surface area (Å²) in [6.07, 6.45) is 5.65. The molecule has 0 bridgehead atoms. The second-order valence-electron chi connectivity index (χ2n) is 9.05. The summed E-state index contributed by atoms with van der Waals surface area (Å²) in [6.45, 7) is 0. The largest absolute Gasteiger partial charge is 0.496 e. The molecule has 1 aliphatic carbocycles. The first kappa shape index (κ1) is 22.0. The second-order valence-corrected chi connectivity index (χ2v) is 9.05. The molecule has 3 aromatic carbocycles. The Bertz CT molecular complexity index is 1590. The Hall–Kier alpha value is -4.52. The van der Waals surface area contributed by atoms with Crippen LogP contribution in [0.5, 0.6) is 5.75 Å². The summed E-state index contributed by atoms with van der Waals surface area (Å²) in [4.78, 5) is 21.9. The quantitative estimate of drug-likeness (QED) is 0.362. The number of fused-ring (bicyclic) bond motifs is 1. The van der Waals surface area contributed by atoms with Crippen LogP contribution in [-0.4, -0.2) is 38.8 Å². The van der Waals surface area contributed by atoms with Gasteiger partial charge in [0.2, 0.25) is 0 Å². The van der Waals surface area contributed by atoms with Crippen LogP contribution in [0.3, 0.4) is 0 Å². The molecule has 5 aromatic rings. The summed E-state index contributed by atoms with van der Waals surface area (Å²) in [5.41, 5.74) is 6.74. The van der Waals surface area contributed by atoms with E-state index in [2.05, 4.69) is 15.3 Å². The van der Waals surface area contributed by atoms with Crippen LogP contribution in [0, 0.1) is 0 Å². The van der Waals surface area contributed by atoms with E-state index in [0.29, 0.717) is 17.4 Å². The highest BCUT2D eigenvalue weighted by Gasteiger charge is 2.24. The molecule has 0 aliphatic heterocycles. The summed E-state index contributed by atoms with van der Waals surface area (Å²) in [5, 5.41) is 8.67. The molecule has 1 saturated carbocycles. The van der Waals surface area contributed by atoms with Gasteiger partial charge in [0.05, 0.1) is 18.3 Å². The minimum Gasteiger partial charge on any atom is -0.496 e. The molecule has 1 aliphatic rings. The van der Waals surface area contributed by atoms with Gasteiger partial charge in [0, 0.05) is 53.0 Å². The third-order valence-corrected chi connectivity index (χ3v) is 6.44. The van der Waals surface area contributed by atoms with Crippen molar-refractivity contribution in [1.29, 1.82) is 0 Å². The lowest BCUT2D eigenvalue weighted by atomic mass is 9.97. The highest BCUT2D eigenvalue weighted by Crippen LogP contribution is 2.39. The molecular weight excluding hydrogens is 450 g/mol. The predicted molar refractivity (Wildman–Crippen MR) is 140 cm³/mol. The Morgan fingerprint density at radius 3 is 2.53 bits per heavy atom. The van der Waals surface area contributed by atoms with Crippen LogP contribution in [0.4, 0.5) is 0 Å². The van der Waals surface area contributed by atoms with Crippen LogP contribution in [-0.2, 0) is 7.05 Å². The Kier molecular flexibility index (Phi) is 5.45. The predicted octanol–water partition coefficient (Wildman–Crippen LogP) is 5.27. The SMILES string of the molecule is COc1cc2ncnc(-c3cn(C)nc3-c3ccccc3)c2cc1-c1cccc(C(=O)NC2CC2)c1. The molecule has 0 spiro atoms. The Morgan fingerprint density at radius 2 is 1.75 bits per heavy atom. The minimum absolute atomic E-state index is 0.0500. The van der Waals surface area contributed by atoms with E-state index in [4.69, 9.17) is 9.84 Å². The third kappa shape index (κ3) is 4.09. The van der Waals surface area contributed by atoms with Gasteiger partial charge in [-0.1, -0.05) is 42.5 Å². The fourth-order valence-electron chi connectivity index (χ4n) is 4.49. The first-order chi connectivity index (χ1) is 17.6. The molecule has 1 fully saturated rings. The molecule has 0 unspecified atom stereocenters. The second kappa shape index (κ2) is 8.92. The monoisotopic (exact) mass is 475 g/mol. The molecule has 2 aromatic heterocycles. The lowest BCUT2D eigenvalue weighted by molar-refractivity contribution is 0.0951. The van der Waals surface area contributed by atoms with Crippen LogP contribution in [0.15, 0.2) is 79.3 Å².